The Morgan fingerprint density at radius 3 is 2.65 bits per heavy atom. The molecular formula is C31H19BrN4O7. The van der Waals surface area contributed by atoms with Gasteiger partial charge in [0.25, 0.3) is 5.56 Å². The van der Waals surface area contributed by atoms with Crippen LogP contribution in [0.15, 0.2) is 110 Å². The number of aromatic carboxylic acids is 1. The number of nitro groups is 1. The molecule has 4 aromatic carbocycles. The van der Waals surface area contributed by atoms with Crippen LogP contribution in [0.3, 0.4) is 0 Å². The second-order valence-electron chi connectivity index (χ2n) is 9.36. The van der Waals surface area contributed by atoms with Crippen LogP contribution in [0.2, 0.25) is 0 Å². The van der Waals surface area contributed by atoms with E-state index in [2.05, 4.69) is 26.0 Å². The minimum Gasteiger partial charge on any atom is -0.481 e. The Kier molecular flexibility index (Phi) is 7.26. The van der Waals surface area contributed by atoms with Crippen LogP contribution in [0.25, 0.3) is 33.5 Å². The maximum atomic E-state index is 13.5. The number of nitro benzene ring substituents is 1. The van der Waals surface area contributed by atoms with Gasteiger partial charge in [0.2, 0.25) is 11.6 Å². The fraction of sp³-hybridized carbons (Fsp3) is 0.0323. The number of hydrogen-bond donors (Lipinski definition) is 1. The first-order valence-electron chi connectivity index (χ1n) is 12.8. The number of para-hydroxylation sites is 2. The van der Waals surface area contributed by atoms with E-state index in [1.807, 2.05) is 18.2 Å². The predicted molar refractivity (Wildman–Crippen MR) is 163 cm³/mol. The molecule has 0 aliphatic heterocycles. The van der Waals surface area contributed by atoms with Crippen molar-refractivity contribution in [3.63, 3.8) is 0 Å². The number of rotatable bonds is 8. The predicted octanol–water partition coefficient (Wildman–Crippen LogP) is 6.64. The second-order valence-corrected chi connectivity index (χ2v) is 10.2. The third kappa shape index (κ3) is 5.51. The van der Waals surface area contributed by atoms with Crippen LogP contribution >= 0.6 is 15.9 Å². The lowest BCUT2D eigenvalue weighted by atomic mass is 10.1. The normalized spacial score (nSPS) is 11.4. The number of benzene rings is 4. The number of aromatic nitrogens is 2. The van der Waals surface area contributed by atoms with Gasteiger partial charge in [-0.25, -0.2) is 9.78 Å². The summed E-state index contributed by atoms with van der Waals surface area (Å²) in [5, 5.41) is 26.7. The van der Waals surface area contributed by atoms with Crippen LogP contribution in [0.1, 0.15) is 21.5 Å². The molecule has 6 aromatic rings. The highest BCUT2D eigenvalue weighted by molar-refractivity contribution is 9.10. The number of carboxylic acid groups (broad SMARTS) is 1. The van der Waals surface area contributed by atoms with E-state index in [1.54, 1.807) is 54.6 Å². The fourth-order valence-corrected chi connectivity index (χ4v) is 5.09. The summed E-state index contributed by atoms with van der Waals surface area (Å²) in [6.07, 6.45) is 1.31. The molecule has 212 valence electrons. The highest BCUT2D eigenvalue weighted by Gasteiger charge is 2.21. The highest BCUT2D eigenvalue weighted by Crippen LogP contribution is 2.37. The molecule has 0 spiro atoms. The topological polar surface area (TPSA) is 150 Å². The Labute approximate surface area is 250 Å². The molecule has 11 nitrogen and oxygen atoms in total. The zero-order chi connectivity index (χ0) is 30.1. The summed E-state index contributed by atoms with van der Waals surface area (Å²) in [6.45, 7) is -0.104. The third-order valence-corrected chi connectivity index (χ3v) is 7.11. The molecule has 6 rings (SSSR count). The molecule has 0 aliphatic carbocycles. The van der Waals surface area contributed by atoms with Crippen molar-refractivity contribution in [2.45, 2.75) is 6.61 Å². The summed E-state index contributed by atoms with van der Waals surface area (Å²) >= 11 is 3.34. The van der Waals surface area contributed by atoms with E-state index < -0.39 is 16.5 Å². The van der Waals surface area contributed by atoms with Crippen molar-refractivity contribution >= 4 is 55.7 Å². The quantitative estimate of drug-likeness (QED) is 0.111. The van der Waals surface area contributed by atoms with Crippen molar-refractivity contribution in [3.05, 3.63) is 133 Å². The van der Waals surface area contributed by atoms with Crippen LogP contribution < -0.4 is 10.3 Å². The molecular weight excluding hydrogens is 620 g/mol. The van der Waals surface area contributed by atoms with Crippen molar-refractivity contribution in [3.8, 4) is 17.3 Å². The van der Waals surface area contributed by atoms with Crippen LogP contribution in [0.5, 0.6) is 5.75 Å². The second kappa shape index (κ2) is 11.3. The third-order valence-electron chi connectivity index (χ3n) is 6.52. The molecule has 43 heavy (non-hydrogen) atoms. The van der Waals surface area contributed by atoms with Crippen molar-refractivity contribution in [1.29, 1.82) is 0 Å². The number of halogens is 1. The monoisotopic (exact) mass is 638 g/mol. The van der Waals surface area contributed by atoms with Gasteiger partial charge in [-0.1, -0.05) is 42.5 Å². The number of hydrogen-bond acceptors (Lipinski definition) is 8. The molecule has 0 saturated carbocycles. The Balaban J connectivity index is 1.39. The SMILES string of the molecule is O=C(O)c1cccc(COc2c(Br)cc(C=Nn3c(-c4cc5ccccc5o4)nc4ccccc4c3=O)cc2[N+](=O)[O-])c1. The largest absolute Gasteiger partial charge is 0.481 e. The van der Waals surface area contributed by atoms with Gasteiger partial charge in [0.1, 0.15) is 12.2 Å². The first-order chi connectivity index (χ1) is 20.8. The first-order valence-corrected chi connectivity index (χ1v) is 13.6. The summed E-state index contributed by atoms with van der Waals surface area (Å²) < 4.78 is 13.1. The van der Waals surface area contributed by atoms with Gasteiger partial charge in [0.05, 0.1) is 32.1 Å². The van der Waals surface area contributed by atoms with E-state index in [0.29, 0.717) is 33.4 Å². The number of ether oxygens (including phenoxy) is 1. The summed E-state index contributed by atoms with van der Waals surface area (Å²) in [6, 6.07) is 24.9. The van der Waals surface area contributed by atoms with E-state index in [9.17, 15) is 24.8 Å². The number of fused-ring (bicyclic) bond motifs is 2. The summed E-state index contributed by atoms with van der Waals surface area (Å²) in [4.78, 5) is 40.8. The average molecular weight is 639 g/mol. The number of carbonyl (C=O) groups is 1. The van der Waals surface area contributed by atoms with Gasteiger partial charge in [-0.05, 0) is 64.0 Å². The molecule has 0 aliphatic rings. The molecule has 0 amide bonds. The van der Waals surface area contributed by atoms with Gasteiger partial charge in [0, 0.05) is 17.0 Å². The van der Waals surface area contributed by atoms with Crippen molar-refractivity contribution in [1.82, 2.24) is 9.66 Å². The summed E-state index contributed by atoms with van der Waals surface area (Å²) in [7, 11) is 0. The van der Waals surface area contributed by atoms with Gasteiger partial charge in [0.15, 0.2) is 5.76 Å². The standard InChI is InChI=1S/C31H19BrN4O7/c32-23-13-19(14-25(36(40)41)28(23)42-17-18-6-5-8-21(12-18)31(38)39)16-33-35-29(27-15-20-7-1-4-11-26(20)43-27)34-24-10-3-2-9-22(24)30(35)37/h1-16H,17H2,(H,38,39). The van der Waals surface area contributed by atoms with Gasteiger partial charge in [-0.2, -0.15) is 9.78 Å². The Morgan fingerprint density at radius 2 is 1.86 bits per heavy atom. The number of carboxylic acids is 1. The molecule has 0 atom stereocenters. The first kappa shape index (κ1) is 27.5. The maximum Gasteiger partial charge on any atom is 0.335 e. The van der Waals surface area contributed by atoms with Crippen LogP contribution in [0, 0.1) is 10.1 Å². The lowest BCUT2D eigenvalue weighted by Gasteiger charge is -2.10. The van der Waals surface area contributed by atoms with Crippen LogP contribution in [-0.4, -0.2) is 31.9 Å². The zero-order valence-corrected chi connectivity index (χ0v) is 23.6. The van der Waals surface area contributed by atoms with Crippen molar-refractivity contribution < 1.29 is 24.0 Å². The molecule has 2 aromatic heterocycles. The van der Waals surface area contributed by atoms with Gasteiger partial charge >= 0.3 is 11.7 Å². The summed E-state index contributed by atoms with van der Waals surface area (Å²) in [5.74, 6) is -0.658. The lowest BCUT2D eigenvalue weighted by Crippen LogP contribution is -2.20. The number of nitrogens with zero attached hydrogens (tertiary/aromatic N) is 4. The Morgan fingerprint density at radius 1 is 1.07 bits per heavy atom. The van der Waals surface area contributed by atoms with Gasteiger partial charge in [-0.15, -0.1) is 0 Å². The molecule has 12 heteroatoms. The van der Waals surface area contributed by atoms with Crippen molar-refractivity contribution in [2.75, 3.05) is 0 Å². The smallest absolute Gasteiger partial charge is 0.335 e. The van der Waals surface area contributed by atoms with E-state index in [4.69, 9.17) is 9.15 Å². The van der Waals surface area contributed by atoms with Crippen LogP contribution in [0.4, 0.5) is 5.69 Å². The fourth-order valence-electron chi connectivity index (χ4n) is 4.51. The molecule has 0 unspecified atom stereocenters. The summed E-state index contributed by atoms with van der Waals surface area (Å²) in [5.41, 5.74) is 1.16. The average Bonchev–Trinajstić information content (AvgIpc) is 3.44. The maximum absolute atomic E-state index is 13.5. The lowest BCUT2D eigenvalue weighted by molar-refractivity contribution is -0.386. The van der Waals surface area contributed by atoms with E-state index in [-0.39, 0.29) is 33.9 Å². The molecule has 2 heterocycles. The zero-order valence-electron chi connectivity index (χ0n) is 22.0. The van der Waals surface area contributed by atoms with Crippen LogP contribution in [-0.2, 0) is 6.61 Å². The van der Waals surface area contributed by atoms with Crippen molar-refractivity contribution in [2.24, 2.45) is 5.10 Å². The van der Waals surface area contributed by atoms with E-state index >= 15 is 0 Å². The van der Waals surface area contributed by atoms with Gasteiger partial charge < -0.3 is 14.3 Å². The molecule has 0 radical (unpaired) electrons. The minimum absolute atomic E-state index is 0.0459. The Bertz CT molecular complexity index is 2120. The van der Waals surface area contributed by atoms with E-state index in [1.165, 1.54) is 24.4 Å². The highest BCUT2D eigenvalue weighted by atomic mass is 79.9. The molecule has 0 bridgehead atoms. The molecule has 0 fully saturated rings. The Hall–Kier alpha value is -5.62. The molecule has 1 N–H and O–H groups in total. The van der Waals surface area contributed by atoms with Gasteiger partial charge in [-0.3, -0.25) is 14.9 Å². The number of furan rings is 1. The molecule has 0 saturated heterocycles. The van der Waals surface area contributed by atoms with E-state index in [0.717, 1.165) is 10.1 Å². The minimum atomic E-state index is -1.10.